The molecule has 0 aliphatic heterocycles. The zero-order valence-electron chi connectivity index (χ0n) is 17.0. The van der Waals surface area contributed by atoms with Crippen molar-refractivity contribution in [3.8, 4) is 5.69 Å². The zero-order valence-corrected chi connectivity index (χ0v) is 19.5. The normalized spacial score (nSPS) is 11.5. The molecule has 4 aromatic rings. The van der Waals surface area contributed by atoms with Crippen molar-refractivity contribution in [3.05, 3.63) is 75.7 Å². The van der Waals surface area contributed by atoms with E-state index in [0.717, 1.165) is 16.2 Å². The van der Waals surface area contributed by atoms with Gasteiger partial charge in [-0.1, -0.05) is 0 Å². The number of nitrogens with zero attached hydrogens (tertiary/aromatic N) is 2. The number of hydrogen-bond donors (Lipinski definition) is 3. The highest BCUT2D eigenvalue weighted by Crippen LogP contribution is 2.21. The second kappa shape index (κ2) is 8.41. The molecule has 11 heteroatoms. The molecular formula is C21H18N4O4S3. The van der Waals surface area contributed by atoms with Gasteiger partial charge in [0.05, 0.1) is 16.6 Å². The Kier molecular flexibility index (Phi) is 5.80. The molecule has 32 heavy (non-hydrogen) atoms. The summed E-state index contributed by atoms with van der Waals surface area (Å²) in [5.74, 6) is 0.505. The van der Waals surface area contributed by atoms with E-state index in [4.69, 9.17) is 0 Å². The lowest BCUT2D eigenvalue weighted by Crippen LogP contribution is -2.33. The Hall–Kier alpha value is -3.15. The van der Waals surface area contributed by atoms with Crippen LogP contribution in [0, 0.1) is 13.8 Å². The number of anilines is 1. The number of aromatic nitrogens is 2. The number of aryl methyl sites for hydroxylation is 2. The second-order valence-corrected chi connectivity index (χ2v) is 10.7. The fraction of sp³-hybridized carbons (Fsp3) is 0.0952. The van der Waals surface area contributed by atoms with Crippen LogP contribution in [0.3, 0.4) is 0 Å². The van der Waals surface area contributed by atoms with Crippen LogP contribution >= 0.6 is 24.0 Å². The number of sulfonamides is 1. The fourth-order valence-corrected chi connectivity index (χ4v) is 5.56. The van der Waals surface area contributed by atoms with E-state index in [1.54, 1.807) is 62.4 Å². The molecule has 0 fully saturated rings. The lowest BCUT2D eigenvalue weighted by atomic mass is 10.2. The van der Waals surface area contributed by atoms with E-state index in [2.05, 4.69) is 22.9 Å². The van der Waals surface area contributed by atoms with Gasteiger partial charge in [0.1, 0.15) is 10.0 Å². The van der Waals surface area contributed by atoms with E-state index in [1.165, 1.54) is 10.6 Å². The molecule has 2 aromatic carbocycles. The monoisotopic (exact) mass is 486 g/mol. The molecule has 0 atom stereocenters. The van der Waals surface area contributed by atoms with Crippen molar-refractivity contribution in [2.45, 2.75) is 23.0 Å². The summed E-state index contributed by atoms with van der Waals surface area (Å²) >= 11 is 5.36. The number of nitrogens with one attached hydrogen (secondary N) is 2. The third kappa shape index (κ3) is 4.40. The molecule has 0 bridgehead atoms. The minimum Gasteiger partial charge on any atom is -0.307 e. The van der Waals surface area contributed by atoms with Crippen LogP contribution in [-0.4, -0.2) is 24.0 Å². The van der Waals surface area contributed by atoms with Crippen molar-refractivity contribution in [1.29, 1.82) is 0 Å². The summed E-state index contributed by atoms with van der Waals surface area (Å²) in [6, 6.07) is 13.8. The SMILES string of the molecule is Cc1ccc(S(=O)(=O)NC(=O)Nc2ccc(-n3c(C)nc4ccc(S)cc4c3=O)cc2)s1. The summed E-state index contributed by atoms with van der Waals surface area (Å²) in [7, 11) is -3.95. The van der Waals surface area contributed by atoms with Gasteiger partial charge in [-0.15, -0.1) is 24.0 Å². The summed E-state index contributed by atoms with van der Waals surface area (Å²) < 4.78 is 28.1. The van der Waals surface area contributed by atoms with Crippen LogP contribution in [-0.2, 0) is 10.0 Å². The first-order valence-electron chi connectivity index (χ1n) is 9.37. The number of hydrogen-bond acceptors (Lipinski definition) is 7. The van der Waals surface area contributed by atoms with Crippen LogP contribution in [0.2, 0.25) is 0 Å². The Labute approximate surface area is 193 Å². The predicted molar refractivity (Wildman–Crippen MR) is 128 cm³/mol. The Bertz CT molecular complexity index is 1510. The number of urea groups is 1. The second-order valence-electron chi connectivity index (χ2n) is 6.97. The highest BCUT2D eigenvalue weighted by molar-refractivity contribution is 7.92. The van der Waals surface area contributed by atoms with Gasteiger partial charge in [-0.3, -0.25) is 9.36 Å². The average Bonchev–Trinajstić information content (AvgIpc) is 3.17. The predicted octanol–water partition coefficient (Wildman–Crippen LogP) is 3.86. The van der Waals surface area contributed by atoms with Crippen LogP contribution in [0.15, 0.2) is 68.5 Å². The number of benzene rings is 2. The molecule has 2 heterocycles. The van der Waals surface area contributed by atoms with E-state index in [1.807, 2.05) is 4.72 Å². The van der Waals surface area contributed by atoms with Crippen molar-refractivity contribution in [2.24, 2.45) is 0 Å². The van der Waals surface area contributed by atoms with Gasteiger partial charge in [0, 0.05) is 15.5 Å². The van der Waals surface area contributed by atoms with E-state index in [-0.39, 0.29) is 9.77 Å². The molecule has 0 aliphatic carbocycles. The minimum atomic E-state index is -3.95. The van der Waals surface area contributed by atoms with E-state index >= 15 is 0 Å². The van der Waals surface area contributed by atoms with Gasteiger partial charge < -0.3 is 5.32 Å². The van der Waals surface area contributed by atoms with E-state index < -0.39 is 16.1 Å². The molecule has 2 amide bonds. The van der Waals surface area contributed by atoms with Gasteiger partial charge in [-0.25, -0.2) is 22.9 Å². The molecule has 0 aliphatic rings. The van der Waals surface area contributed by atoms with Gasteiger partial charge in [0.15, 0.2) is 0 Å². The zero-order chi connectivity index (χ0) is 23.0. The van der Waals surface area contributed by atoms with Crippen LogP contribution < -0.4 is 15.6 Å². The van der Waals surface area contributed by atoms with Gasteiger partial charge in [0.2, 0.25) is 0 Å². The van der Waals surface area contributed by atoms with Crippen molar-refractivity contribution in [2.75, 3.05) is 5.32 Å². The summed E-state index contributed by atoms with van der Waals surface area (Å²) in [6.07, 6.45) is 0. The molecule has 0 spiro atoms. The third-order valence-corrected chi connectivity index (χ3v) is 7.71. The number of carbonyl (C=O) groups excluding carboxylic acids is 1. The number of thiol groups is 1. The molecule has 4 rings (SSSR count). The molecule has 0 radical (unpaired) electrons. The highest BCUT2D eigenvalue weighted by atomic mass is 32.2. The average molecular weight is 487 g/mol. The Balaban J connectivity index is 1.56. The number of thiophene rings is 1. The first-order valence-corrected chi connectivity index (χ1v) is 12.1. The summed E-state index contributed by atoms with van der Waals surface area (Å²) in [5.41, 5.74) is 1.26. The lowest BCUT2D eigenvalue weighted by Gasteiger charge is -2.12. The van der Waals surface area contributed by atoms with Crippen molar-refractivity contribution < 1.29 is 13.2 Å². The molecule has 0 saturated carbocycles. The number of rotatable bonds is 4. The van der Waals surface area contributed by atoms with Crippen molar-refractivity contribution in [1.82, 2.24) is 14.3 Å². The topological polar surface area (TPSA) is 110 Å². The van der Waals surface area contributed by atoms with Crippen LogP contribution in [0.5, 0.6) is 0 Å². The van der Waals surface area contributed by atoms with Gasteiger partial charge in [-0.2, -0.15) is 0 Å². The molecule has 164 valence electrons. The molecule has 0 saturated heterocycles. The summed E-state index contributed by atoms with van der Waals surface area (Å²) in [4.78, 5) is 31.1. The molecule has 2 N–H and O–H groups in total. The molecule has 8 nitrogen and oxygen atoms in total. The van der Waals surface area contributed by atoms with Gasteiger partial charge in [0.25, 0.3) is 15.6 Å². The number of carbonyl (C=O) groups is 1. The first kappa shape index (κ1) is 22.1. The van der Waals surface area contributed by atoms with E-state index in [9.17, 15) is 18.0 Å². The van der Waals surface area contributed by atoms with Gasteiger partial charge >= 0.3 is 6.03 Å². The maximum absolute atomic E-state index is 13.0. The standard InChI is InChI=1S/C21H18N4O4S3/c1-12-3-10-19(31-12)32(28,29)24-21(27)23-14-4-6-15(7-5-14)25-13(2)22-18-9-8-16(30)11-17(18)20(25)26/h3-11,30H,1-2H3,(H2,23,24,27). The van der Waals surface area contributed by atoms with Crippen LogP contribution in [0.1, 0.15) is 10.7 Å². The smallest absolute Gasteiger partial charge is 0.307 e. The Morgan fingerprint density at radius 3 is 2.44 bits per heavy atom. The highest BCUT2D eigenvalue weighted by Gasteiger charge is 2.19. The summed E-state index contributed by atoms with van der Waals surface area (Å²) in [6.45, 7) is 3.51. The fourth-order valence-electron chi connectivity index (χ4n) is 3.17. The molecule has 0 unspecified atom stereocenters. The lowest BCUT2D eigenvalue weighted by molar-refractivity contribution is 0.256. The van der Waals surface area contributed by atoms with Crippen LogP contribution in [0.4, 0.5) is 10.5 Å². The number of amides is 2. The Morgan fingerprint density at radius 1 is 1.06 bits per heavy atom. The quantitative estimate of drug-likeness (QED) is 0.380. The molecule has 2 aromatic heterocycles. The maximum Gasteiger partial charge on any atom is 0.333 e. The van der Waals surface area contributed by atoms with E-state index in [0.29, 0.717) is 33.0 Å². The summed E-state index contributed by atoms with van der Waals surface area (Å²) in [5, 5.41) is 2.93. The largest absolute Gasteiger partial charge is 0.333 e. The Morgan fingerprint density at radius 2 is 1.78 bits per heavy atom. The van der Waals surface area contributed by atoms with Crippen molar-refractivity contribution in [3.63, 3.8) is 0 Å². The van der Waals surface area contributed by atoms with Gasteiger partial charge in [-0.05, 0) is 68.4 Å². The first-order chi connectivity index (χ1) is 15.1. The molecular weight excluding hydrogens is 468 g/mol. The van der Waals surface area contributed by atoms with Crippen molar-refractivity contribution >= 4 is 56.6 Å². The minimum absolute atomic E-state index is 0.0588. The van der Waals surface area contributed by atoms with Crippen LogP contribution in [0.25, 0.3) is 16.6 Å². The third-order valence-electron chi connectivity index (χ3n) is 4.61. The number of fused-ring (bicyclic) bond motifs is 1. The maximum atomic E-state index is 13.0.